The van der Waals surface area contributed by atoms with Gasteiger partial charge in [-0.2, -0.15) is 4.98 Å². The van der Waals surface area contributed by atoms with Gasteiger partial charge in [0.25, 0.3) is 0 Å². The molecule has 194 valence electrons. The van der Waals surface area contributed by atoms with Crippen LogP contribution in [0.2, 0.25) is 0 Å². The lowest BCUT2D eigenvalue weighted by molar-refractivity contribution is -0.00778. The minimum atomic E-state index is -0.535. The maximum Gasteiger partial charge on any atom is 0.229 e. The molecule has 3 heterocycles. The smallest absolute Gasteiger partial charge is 0.229 e. The number of likely N-dealkylation sites (tertiary alicyclic amines) is 1. The predicted octanol–water partition coefficient (Wildman–Crippen LogP) is 3.86. The van der Waals surface area contributed by atoms with Crippen molar-refractivity contribution in [2.45, 2.75) is 64.2 Å². The molecule has 0 spiro atoms. The van der Waals surface area contributed by atoms with E-state index in [-0.39, 0.29) is 40.3 Å². The molecule has 3 aromatic rings. The van der Waals surface area contributed by atoms with Crippen LogP contribution >= 0.6 is 0 Å². The van der Waals surface area contributed by atoms with Crippen molar-refractivity contribution < 1.29 is 13.5 Å². The highest BCUT2D eigenvalue weighted by Gasteiger charge is 2.43. The summed E-state index contributed by atoms with van der Waals surface area (Å²) in [6, 6.07) is 4.45. The summed E-state index contributed by atoms with van der Waals surface area (Å²) in [7, 11) is 3.69. The second-order valence-electron chi connectivity index (χ2n) is 10.4. The van der Waals surface area contributed by atoms with E-state index in [1.54, 1.807) is 19.2 Å². The predicted molar refractivity (Wildman–Crippen MR) is 133 cm³/mol. The molecule has 0 bridgehead atoms. The number of hydrogen-bond acceptors (Lipinski definition) is 9. The normalized spacial score (nSPS) is 17.8. The lowest BCUT2D eigenvalue weighted by Gasteiger charge is -2.53. The van der Waals surface area contributed by atoms with Gasteiger partial charge >= 0.3 is 0 Å². The highest BCUT2D eigenvalue weighted by Crippen LogP contribution is 2.38. The number of aromatic nitrogens is 6. The van der Waals surface area contributed by atoms with Gasteiger partial charge in [-0.3, -0.25) is 4.90 Å². The Balaban J connectivity index is 1.55. The maximum absolute atomic E-state index is 14.7. The Hall–Kier alpha value is -3.25. The molecule has 2 aromatic heterocycles. The number of nitrogens with one attached hydrogen (secondary N) is 2. The van der Waals surface area contributed by atoms with Gasteiger partial charge in [0.1, 0.15) is 5.82 Å². The van der Waals surface area contributed by atoms with Gasteiger partial charge in [-0.1, -0.05) is 0 Å². The fraction of sp³-hybridized carbons (Fsp3) is 0.542. The lowest BCUT2D eigenvalue weighted by atomic mass is 9.77. The molecule has 1 saturated heterocycles. The molecule has 1 aliphatic heterocycles. The SMILES string of the molecule is COCCn1nnnc1-c1cc(Nc2ncc(F)c(NC3CC(C)(C)N(C)C(C)(C)C3)n2)ccc1F. The van der Waals surface area contributed by atoms with Gasteiger partial charge in [0, 0.05) is 29.9 Å². The van der Waals surface area contributed by atoms with Crippen molar-refractivity contribution in [3.8, 4) is 11.4 Å². The van der Waals surface area contributed by atoms with Crippen LogP contribution in [0.1, 0.15) is 40.5 Å². The first-order chi connectivity index (χ1) is 17.0. The first kappa shape index (κ1) is 25.8. The van der Waals surface area contributed by atoms with E-state index < -0.39 is 11.6 Å². The monoisotopic (exact) mass is 501 g/mol. The summed E-state index contributed by atoms with van der Waals surface area (Å²) in [5.41, 5.74) is 0.588. The van der Waals surface area contributed by atoms with E-state index >= 15 is 0 Å². The summed E-state index contributed by atoms with van der Waals surface area (Å²) in [6.07, 6.45) is 2.79. The third-order valence-corrected chi connectivity index (χ3v) is 6.90. The van der Waals surface area contributed by atoms with Gasteiger partial charge in [0.05, 0.1) is 24.9 Å². The molecule has 1 aromatic carbocycles. The van der Waals surface area contributed by atoms with Crippen molar-refractivity contribution >= 4 is 17.5 Å². The molecule has 0 saturated carbocycles. The number of tetrazole rings is 1. The second kappa shape index (κ2) is 10.0. The van der Waals surface area contributed by atoms with E-state index in [0.717, 1.165) is 19.0 Å². The quantitative estimate of drug-likeness (QED) is 0.476. The number of nitrogens with zero attached hydrogens (tertiary/aromatic N) is 7. The topological polar surface area (TPSA) is 106 Å². The van der Waals surface area contributed by atoms with Gasteiger partial charge in [0.2, 0.25) is 5.95 Å². The number of piperidine rings is 1. The van der Waals surface area contributed by atoms with Crippen molar-refractivity contribution in [3.63, 3.8) is 0 Å². The first-order valence-corrected chi connectivity index (χ1v) is 11.9. The standard InChI is InChI=1S/C24H33F2N9O/c1-23(2)12-16(13-24(3,4)34(23)5)28-20-19(26)14-27-22(30-20)29-15-7-8-18(25)17(11-15)21-31-32-33-35(21)9-10-36-6/h7-8,11,14,16H,9-10,12-13H2,1-6H3,(H2,27,28,29,30). The number of benzene rings is 1. The molecule has 0 radical (unpaired) electrons. The summed E-state index contributed by atoms with van der Waals surface area (Å²) >= 11 is 0. The molecule has 0 unspecified atom stereocenters. The summed E-state index contributed by atoms with van der Waals surface area (Å²) in [4.78, 5) is 10.8. The summed E-state index contributed by atoms with van der Waals surface area (Å²) in [6.45, 7) is 9.49. The van der Waals surface area contributed by atoms with Crippen LogP contribution in [0.15, 0.2) is 24.4 Å². The van der Waals surface area contributed by atoms with Crippen molar-refractivity contribution in [2.24, 2.45) is 0 Å². The summed E-state index contributed by atoms with van der Waals surface area (Å²) < 4.78 is 35.8. The average molecular weight is 502 g/mol. The van der Waals surface area contributed by atoms with Crippen LogP contribution in [-0.4, -0.2) is 73.0 Å². The highest BCUT2D eigenvalue weighted by atomic mass is 19.1. The van der Waals surface area contributed by atoms with Crippen LogP contribution in [0.5, 0.6) is 0 Å². The van der Waals surface area contributed by atoms with Gasteiger partial charge in [-0.05, 0) is 76.2 Å². The average Bonchev–Trinajstić information content (AvgIpc) is 3.27. The van der Waals surface area contributed by atoms with Gasteiger partial charge in [-0.15, -0.1) is 5.10 Å². The number of halogens is 2. The number of anilines is 3. The molecule has 4 rings (SSSR count). The molecule has 12 heteroatoms. The van der Waals surface area contributed by atoms with E-state index in [1.165, 1.54) is 10.7 Å². The van der Waals surface area contributed by atoms with Crippen LogP contribution in [0, 0.1) is 11.6 Å². The molecule has 2 N–H and O–H groups in total. The summed E-state index contributed by atoms with van der Waals surface area (Å²) in [5, 5.41) is 17.8. The molecule has 0 atom stereocenters. The van der Waals surface area contributed by atoms with Crippen molar-refractivity contribution in [1.29, 1.82) is 0 Å². The Morgan fingerprint density at radius 1 is 1.11 bits per heavy atom. The molecule has 36 heavy (non-hydrogen) atoms. The fourth-order valence-corrected chi connectivity index (χ4v) is 4.82. The van der Waals surface area contributed by atoms with E-state index in [2.05, 4.69) is 75.8 Å². The minimum absolute atomic E-state index is 0.0341. The lowest BCUT2D eigenvalue weighted by Crippen LogP contribution is -2.61. The van der Waals surface area contributed by atoms with Crippen molar-refractivity contribution in [3.05, 3.63) is 36.0 Å². The molecule has 1 fully saturated rings. The van der Waals surface area contributed by atoms with Crippen LogP contribution in [0.3, 0.4) is 0 Å². The van der Waals surface area contributed by atoms with E-state index in [9.17, 15) is 8.78 Å². The van der Waals surface area contributed by atoms with Crippen LogP contribution in [-0.2, 0) is 11.3 Å². The van der Waals surface area contributed by atoms with Crippen molar-refractivity contribution in [1.82, 2.24) is 35.1 Å². The van der Waals surface area contributed by atoms with Crippen LogP contribution in [0.4, 0.5) is 26.2 Å². The van der Waals surface area contributed by atoms with Crippen LogP contribution < -0.4 is 10.6 Å². The molecule has 1 aliphatic rings. The van der Waals surface area contributed by atoms with E-state index in [0.29, 0.717) is 18.8 Å². The third kappa shape index (κ3) is 5.44. The largest absolute Gasteiger partial charge is 0.383 e. The fourth-order valence-electron chi connectivity index (χ4n) is 4.82. The number of methoxy groups -OCH3 is 1. The Bertz CT molecular complexity index is 1200. The maximum atomic E-state index is 14.7. The number of hydrogen-bond donors (Lipinski definition) is 2. The Kier molecular flexibility index (Phi) is 7.19. The Labute approximate surface area is 209 Å². The third-order valence-electron chi connectivity index (χ3n) is 6.90. The molecule has 0 aliphatic carbocycles. The second-order valence-corrected chi connectivity index (χ2v) is 10.4. The van der Waals surface area contributed by atoms with E-state index in [4.69, 9.17) is 4.74 Å². The molecule has 0 amide bonds. The highest BCUT2D eigenvalue weighted by molar-refractivity contribution is 5.66. The molecular formula is C24H33F2N9O. The van der Waals surface area contributed by atoms with Crippen LogP contribution in [0.25, 0.3) is 11.4 Å². The van der Waals surface area contributed by atoms with Gasteiger partial charge < -0.3 is 15.4 Å². The molecular weight excluding hydrogens is 468 g/mol. The van der Waals surface area contributed by atoms with E-state index in [1.807, 2.05) is 0 Å². The van der Waals surface area contributed by atoms with Gasteiger partial charge in [0.15, 0.2) is 17.5 Å². The van der Waals surface area contributed by atoms with Gasteiger partial charge in [-0.25, -0.2) is 18.4 Å². The Morgan fingerprint density at radius 3 is 2.53 bits per heavy atom. The van der Waals surface area contributed by atoms with Crippen molar-refractivity contribution in [2.75, 3.05) is 31.4 Å². The molecule has 10 nitrogen and oxygen atoms in total. The zero-order valence-corrected chi connectivity index (χ0v) is 21.5. The minimum Gasteiger partial charge on any atom is -0.383 e. The zero-order chi connectivity index (χ0) is 26.1. The zero-order valence-electron chi connectivity index (χ0n) is 21.5. The number of rotatable bonds is 8. The number of ether oxygens (including phenoxy) is 1. The Morgan fingerprint density at radius 2 is 1.83 bits per heavy atom. The first-order valence-electron chi connectivity index (χ1n) is 11.9. The summed E-state index contributed by atoms with van der Waals surface area (Å²) in [5.74, 6) is -0.444.